The van der Waals surface area contributed by atoms with Crippen LogP contribution in [0.1, 0.15) is 30.0 Å². The molecule has 0 aliphatic heterocycles. The van der Waals surface area contributed by atoms with Crippen LogP contribution in [0.2, 0.25) is 0 Å². The van der Waals surface area contributed by atoms with Crippen LogP contribution in [0.25, 0.3) is 0 Å². The fourth-order valence-corrected chi connectivity index (χ4v) is 2.85. The van der Waals surface area contributed by atoms with Gasteiger partial charge in [0.05, 0.1) is 4.92 Å². The van der Waals surface area contributed by atoms with Gasteiger partial charge in [0, 0.05) is 24.1 Å². The van der Waals surface area contributed by atoms with Crippen LogP contribution in [0.4, 0.5) is 27.7 Å². The Labute approximate surface area is 164 Å². The number of rotatable bonds is 8. The first-order valence-corrected chi connectivity index (χ1v) is 9.01. The van der Waals surface area contributed by atoms with Gasteiger partial charge >= 0.3 is 5.69 Å². The molecule has 2 heterocycles. The van der Waals surface area contributed by atoms with Crippen molar-refractivity contribution in [3.05, 3.63) is 63.7 Å². The second-order valence-electron chi connectivity index (χ2n) is 6.78. The Morgan fingerprint density at radius 2 is 2.10 bits per heavy atom. The molecule has 0 saturated heterocycles. The Morgan fingerprint density at radius 1 is 1.34 bits per heavy atom. The maximum absolute atomic E-state index is 13.0. The predicted octanol–water partition coefficient (Wildman–Crippen LogP) is 2.84. The van der Waals surface area contributed by atoms with Gasteiger partial charge in [0.2, 0.25) is 11.8 Å². The summed E-state index contributed by atoms with van der Waals surface area (Å²) in [6.07, 6.45) is 2.23. The molecular formula is C18H18FN7O3. The zero-order chi connectivity index (χ0) is 20.4. The fraction of sp³-hybridized carbons (Fsp3) is 0.278. The second kappa shape index (κ2) is 7.80. The highest BCUT2D eigenvalue weighted by molar-refractivity contribution is 5.59. The van der Waals surface area contributed by atoms with E-state index in [1.54, 1.807) is 0 Å². The third kappa shape index (κ3) is 4.63. The molecular weight excluding hydrogens is 381 g/mol. The van der Waals surface area contributed by atoms with Crippen LogP contribution in [0, 0.1) is 15.9 Å². The number of nitro groups is 1. The molecule has 1 aliphatic rings. The summed E-state index contributed by atoms with van der Waals surface area (Å²) in [5.41, 5.74) is 1.29. The van der Waals surface area contributed by atoms with Gasteiger partial charge in [-0.25, -0.2) is 9.37 Å². The normalized spacial score (nSPS) is 14.4. The van der Waals surface area contributed by atoms with Gasteiger partial charge in [0.1, 0.15) is 18.2 Å². The summed E-state index contributed by atoms with van der Waals surface area (Å²) in [6.45, 7) is 0. The summed E-state index contributed by atoms with van der Waals surface area (Å²) in [6, 6.07) is 7.44. The molecule has 1 saturated carbocycles. The smallest absolute Gasteiger partial charge is 0.329 e. The van der Waals surface area contributed by atoms with Crippen molar-refractivity contribution in [2.45, 2.75) is 31.4 Å². The van der Waals surface area contributed by atoms with Crippen molar-refractivity contribution in [3.63, 3.8) is 0 Å². The first kappa shape index (κ1) is 18.7. The number of anilines is 3. The van der Waals surface area contributed by atoms with Crippen molar-refractivity contribution in [2.24, 2.45) is 0 Å². The quantitative estimate of drug-likeness (QED) is 0.257. The van der Waals surface area contributed by atoms with E-state index in [-0.39, 0.29) is 29.7 Å². The molecule has 0 radical (unpaired) electrons. The zero-order valence-electron chi connectivity index (χ0n) is 15.2. The van der Waals surface area contributed by atoms with Crippen LogP contribution in [-0.4, -0.2) is 36.4 Å². The topological polar surface area (TPSA) is 142 Å². The van der Waals surface area contributed by atoms with E-state index >= 15 is 0 Å². The van der Waals surface area contributed by atoms with E-state index < -0.39 is 11.2 Å². The van der Waals surface area contributed by atoms with Gasteiger partial charge in [-0.3, -0.25) is 15.2 Å². The SMILES string of the molecule is O=[N+]([O-])c1cnc(Nc2cc(C3CC3)[nH]n2)nc1NC(O)Cc1ccc(F)cc1. The largest absolute Gasteiger partial charge is 0.373 e. The average molecular weight is 399 g/mol. The van der Waals surface area contributed by atoms with Gasteiger partial charge in [-0.05, 0) is 30.5 Å². The fourth-order valence-electron chi connectivity index (χ4n) is 2.85. The van der Waals surface area contributed by atoms with Crippen molar-refractivity contribution >= 4 is 23.3 Å². The highest BCUT2D eigenvalue weighted by Crippen LogP contribution is 2.39. The monoisotopic (exact) mass is 399 g/mol. The summed E-state index contributed by atoms with van der Waals surface area (Å²) in [4.78, 5) is 18.7. The zero-order valence-corrected chi connectivity index (χ0v) is 15.2. The highest BCUT2D eigenvalue weighted by atomic mass is 19.1. The molecule has 3 aromatic rings. The molecule has 0 bridgehead atoms. The van der Waals surface area contributed by atoms with E-state index in [0.29, 0.717) is 17.3 Å². The average Bonchev–Trinajstić information content (AvgIpc) is 3.43. The lowest BCUT2D eigenvalue weighted by Crippen LogP contribution is -2.23. The molecule has 1 aliphatic carbocycles. The minimum absolute atomic E-state index is 0.0981. The molecule has 150 valence electrons. The van der Waals surface area contributed by atoms with E-state index in [9.17, 15) is 19.6 Å². The summed E-state index contributed by atoms with van der Waals surface area (Å²) in [5, 5.41) is 34.1. The molecule has 4 N–H and O–H groups in total. The number of halogens is 1. The van der Waals surface area contributed by atoms with Gasteiger partial charge in [0.15, 0.2) is 5.82 Å². The Hall–Kier alpha value is -3.60. The van der Waals surface area contributed by atoms with E-state index in [1.165, 1.54) is 24.3 Å². The van der Waals surface area contributed by atoms with Crippen molar-refractivity contribution in [3.8, 4) is 0 Å². The Morgan fingerprint density at radius 3 is 2.79 bits per heavy atom. The van der Waals surface area contributed by atoms with Crippen LogP contribution >= 0.6 is 0 Å². The summed E-state index contributed by atoms with van der Waals surface area (Å²) < 4.78 is 13.0. The Kier molecular flexibility index (Phi) is 5.04. The number of nitrogens with one attached hydrogen (secondary N) is 3. The number of aliphatic hydroxyl groups excluding tert-OH is 1. The number of nitrogens with zero attached hydrogens (tertiary/aromatic N) is 4. The number of hydrogen-bond acceptors (Lipinski definition) is 8. The van der Waals surface area contributed by atoms with Gasteiger partial charge < -0.3 is 15.7 Å². The van der Waals surface area contributed by atoms with Crippen molar-refractivity contribution < 1.29 is 14.4 Å². The second-order valence-corrected chi connectivity index (χ2v) is 6.78. The molecule has 4 rings (SSSR count). The number of hydrogen-bond donors (Lipinski definition) is 4. The molecule has 10 nitrogen and oxygen atoms in total. The third-order valence-corrected chi connectivity index (χ3v) is 4.47. The van der Waals surface area contributed by atoms with Crippen molar-refractivity contribution in [2.75, 3.05) is 10.6 Å². The maximum atomic E-state index is 13.0. The first-order valence-electron chi connectivity index (χ1n) is 9.01. The number of aromatic amines is 1. The number of benzene rings is 1. The third-order valence-electron chi connectivity index (χ3n) is 4.47. The Bertz CT molecular complexity index is 1020. The molecule has 29 heavy (non-hydrogen) atoms. The Balaban J connectivity index is 1.49. The van der Waals surface area contributed by atoms with Gasteiger partial charge in [-0.2, -0.15) is 10.1 Å². The maximum Gasteiger partial charge on any atom is 0.329 e. The van der Waals surface area contributed by atoms with Crippen molar-refractivity contribution in [1.29, 1.82) is 0 Å². The summed E-state index contributed by atoms with van der Waals surface area (Å²) >= 11 is 0. The predicted molar refractivity (Wildman–Crippen MR) is 102 cm³/mol. The summed E-state index contributed by atoms with van der Waals surface area (Å²) in [7, 11) is 0. The van der Waals surface area contributed by atoms with Crippen LogP contribution in [0.15, 0.2) is 36.5 Å². The number of H-pyrrole nitrogens is 1. The highest BCUT2D eigenvalue weighted by Gasteiger charge is 2.26. The van der Waals surface area contributed by atoms with E-state index in [0.717, 1.165) is 24.7 Å². The lowest BCUT2D eigenvalue weighted by atomic mass is 10.1. The molecule has 2 aromatic heterocycles. The lowest BCUT2D eigenvalue weighted by molar-refractivity contribution is -0.384. The van der Waals surface area contributed by atoms with E-state index in [4.69, 9.17) is 0 Å². The van der Waals surface area contributed by atoms with Gasteiger partial charge in [-0.1, -0.05) is 12.1 Å². The molecule has 1 fully saturated rings. The van der Waals surface area contributed by atoms with E-state index in [1.807, 2.05) is 6.07 Å². The molecule has 1 unspecified atom stereocenters. The first-order chi connectivity index (χ1) is 14.0. The van der Waals surface area contributed by atoms with Crippen LogP contribution in [0.5, 0.6) is 0 Å². The van der Waals surface area contributed by atoms with Crippen molar-refractivity contribution in [1.82, 2.24) is 20.2 Å². The molecule has 11 heteroatoms. The van der Waals surface area contributed by atoms with Gasteiger partial charge in [0.25, 0.3) is 0 Å². The lowest BCUT2D eigenvalue weighted by Gasteiger charge is -2.14. The van der Waals surface area contributed by atoms with Gasteiger partial charge in [-0.15, -0.1) is 0 Å². The number of aliphatic hydroxyl groups is 1. The van der Waals surface area contributed by atoms with Crippen LogP contribution in [-0.2, 0) is 6.42 Å². The number of aromatic nitrogens is 4. The minimum atomic E-state index is -1.17. The molecule has 1 aromatic carbocycles. The van der Waals surface area contributed by atoms with Crippen LogP contribution < -0.4 is 10.6 Å². The molecule has 0 amide bonds. The molecule has 1 atom stereocenters. The molecule has 0 spiro atoms. The standard InChI is InChI=1S/C18H18FN7O3/c19-12-5-1-10(2-6-12)7-16(27)22-17-14(26(28)29)9-20-18(23-17)21-15-8-13(24-25-15)11-3-4-11/h1-2,5-6,8-9,11,16,27H,3-4,7H2,(H3,20,21,22,23,24,25). The minimum Gasteiger partial charge on any atom is -0.373 e. The summed E-state index contributed by atoms with van der Waals surface area (Å²) in [5.74, 6) is 0.566. The van der Waals surface area contributed by atoms with Crippen LogP contribution in [0.3, 0.4) is 0 Å². The van der Waals surface area contributed by atoms with E-state index in [2.05, 4.69) is 30.8 Å².